The molecule has 2 atom stereocenters. The van der Waals surface area contributed by atoms with Gasteiger partial charge in [-0.2, -0.15) is 0 Å². The van der Waals surface area contributed by atoms with Crippen molar-refractivity contribution >= 4 is 17.7 Å². The average Bonchev–Trinajstić information content (AvgIpc) is 3.04. The molecule has 7 heteroatoms. The molecule has 2 unspecified atom stereocenters. The topological polar surface area (TPSA) is 85.9 Å². The fraction of sp³-hybridized carbons (Fsp3) is 0.222. The molecule has 0 spiro atoms. The Morgan fingerprint density at radius 1 is 1.12 bits per heavy atom. The number of methoxy groups -OCH3 is 2. The molecule has 1 saturated heterocycles. The number of hydrogen-bond donors (Lipinski definition) is 2. The summed E-state index contributed by atoms with van der Waals surface area (Å²) in [5.41, 5.74) is 1.18. The summed E-state index contributed by atoms with van der Waals surface area (Å²) in [7, 11) is 3.04. The standard InChI is InChI=1S/C18H18N2O5/c1-23-12-8-9-14(24-2)13(10-12)19-17(21)15-16(25-18(22)20-15)11-6-4-3-5-7-11/h3-10,15-16H,1-2H3,(H,19,21)(H,20,22). The minimum absolute atomic E-state index is 0.411. The molecule has 0 saturated carbocycles. The maximum Gasteiger partial charge on any atom is 0.408 e. The Morgan fingerprint density at radius 2 is 1.88 bits per heavy atom. The second-order valence-electron chi connectivity index (χ2n) is 5.41. The summed E-state index contributed by atoms with van der Waals surface area (Å²) in [6.07, 6.45) is -1.34. The van der Waals surface area contributed by atoms with E-state index in [4.69, 9.17) is 14.2 Å². The number of amides is 2. The fourth-order valence-electron chi connectivity index (χ4n) is 2.65. The number of anilines is 1. The first-order valence-corrected chi connectivity index (χ1v) is 7.67. The molecule has 130 valence electrons. The van der Waals surface area contributed by atoms with Gasteiger partial charge in [0, 0.05) is 6.07 Å². The van der Waals surface area contributed by atoms with E-state index in [0.717, 1.165) is 5.56 Å². The maximum atomic E-state index is 12.7. The van der Waals surface area contributed by atoms with Gasteiger partial charge in [-0.1, -0.05) is 30.3 Å². The van der Waals surface area contributed by atoms with Gasteiger partial charge < -0.3 is 24.8 Å². The highest BCUT2D eigenvalue weighted by Gasteiger charge is 2.40. The summed E-state index contributed by atoms with van der Waals surface area (Å²) in [6, 6.07) is 13.3. The lowest BCUT2D eigenvalue weighted by Crippen LogP contribution is -2.40. The van der Waals surface area contributed by atoms with Gasteiger partial charge in [0.25, 0.3) is 5.91 Å². The van der Waals surface area contributed by atoms with Crippen LogP contribution in [0.15, 0.2) is 48.5 Å². The molecule has 2 aromatic rings. The van der Waals surface area contributed by atoms with Crippen LogP contribution in [0.4, 0.5) is 10.5 Å². The van der Waals surface area contributed by atoms with Gasteiger partial charge in [0.1, 0.15) is 11.5 Å². The second-order valence-corrected chi connectivity index (χ2v) is 5.41. The number of nitrogens with one attached hydrogen (secondary N) is 2. The normalized spacial score (nSPS) is 18.9. The van der Waals surface area contributed by atoms with Gasteiger partial charge in [0.2, 0.25) is 0 Å². The lowest BCUT2D eigenvalue weighted by molar-refractivity contribution is -0.119. The Morgan fingerprint density at radius 3 is 2.56 bits per heavy atom. The number of cyclic esters (lactones) is 1. The molecule has 2 aromatic carbocycles. The fourth-order valence-corrected chi connectivity index (χ4v) is 2.65. The predicted octanol–water partition coefficient (Wildman–Crippen LogP) is 2.49. The number of rotatable bonds is 5. The van der Waals surface area contributed by atoms with Crippen LogP contribution in [0.3, 0.4) is 0 Å². The van der Waals surface area contributed by atoms with Crippen LogP contribution in [-0.2, 0) is 9.53 Å². The van der Waals surface area contributed by atoms with E-state index < -0.39 is 24.1 Å². The summed E-state index contributed by atoms with van der Waals surface area (Å²) in [4.78, 5) is 24.4. The molecule has 7 nitrogen and oxygen atoms in total. The molecule has 1 fully saturated rings. The van der Waals surface area contributed by atoms with Gasteiger partial charge in [-0.05, 0) is 17.7 Å². The van der Waals surface area contributed by atoms with Gasteiger partial charge in [0.15, 0.2) is 12.1 Å². The van der Waals surface area contributed by atoms with Crippen LogP contribution in [0, 0.1) is 0 Å². The van der Waals surface area contributed by atoms with Gasteiger partial charge in [0.05, 0.1) is 19.9 Å². The van der Waals surface area contributed by atoms with E-state index in [1.807, 2.05) is 18.2 Å². The Kier molecular flexibility index (Phi) is 4.74. The number of ether oxygens (including phenoxy) is 3. The first-order valence-electron chi connectivity index (χ1n) is 7.67. The van der Waals surface area contributed by atoms with Crippen LogP contribution in [0.2, 0.25) is 0 Å². The summed E-state index contributed by atoms with van der Waals surface area (Å²) in [5, 5.41) is 5.30. The molecule has 1 aliphatic heterocycles. The number of carbonyl (C=O) groups excluding carboxylic acids is 2. The summed E-state index contributed by atoms with van der Waals surface area (Å²) >= 11 is 0. The molecule has 3 rings (SSSR count). The largest absolute Gasteiger partial charge is 0.497 e. The van der Waals surface area contributed by atoms with Crippen molar-refractivity contribution in [1.82, 2.24) is 5.32 Å². The summed E-state index contributed by atoms with van der Waals surface area (Å²) < 4.78 is 15.7. The number of hydrogen-bond acceptors (Lipinski definition) is 5. The molecule has 2 N–H and O–H groups in total. The van der Waals surface area contributed by atoms with E-state index in [1.165, 1.54) is 14.2 Å². The van der Waals surface area contributed by atoms with Crippen LogP contribution in [0.1, 0.15) is 11.7 Å². The molecular weight excluding hydrogens is 324 g/mol. The monoisotopic (exact) mass is 342 g/mol. The Balaban J connectivity index is 1.84. The van der Waals surface area contributed by atoms with E-state index in [2.05, 4.69) is 10.6 Å². The minimum atomic E-state index is -0.856. The third kappa shape index (κ3) is 3.50. The smallest absolute Gasteiger partial charge is 0.408 e. The van der Waals surface area contributed by atoms with Gasteiger partial charge >= 0.3 is 6.09 Å². The van der Waals surface area contributed by atoms with E-state index >= 15 is 0 Å². The Hall–Kier alpha value is -3.22. The molecule has 1 heterocycles. The first-order chi connectivity index (χ1) is 12.1. The van der Waals surface area contributed by atoms with Crippen molar-refractivity contribution in [3.8, 4) is 11.5 Å². The zero-order chi connectivity index (χ0) is 17.8. The minimum Gasteiger partial charge on any atom is -0.497 e. The Labute approximate surface area is 144 Å². The lowest BCUT2D eigenvalue weighted by atomic mass is 10.0. The van der Waals surface area contributed by atoms with Crippen LogP contribution in [0.5, 0.6) is 11.5 Å². The van der Waals surface area contributed by atoms with E-state index in [1.54, 1.807) is 30.3 Å². The molecule has 0 aromatic heterocycles. The predicted molar refractivity (Wildman–Crippen MR) is 90.8 cm³/mol. The van der Waals surface area contributed by atoms with Crippen LogP contribution >= 0.6 is 0 Å². The van der Waals surface area contributed by atoms with Gasteiger partial charge in [-0.3, -0.25) is 4.79 Å². The Bertz CT molecular complexity index is 778. The van der Waals surface area contributed by atoms with Crippen LogP contribution in [-0.4, -0.2) is 32.3 Å². The summed E-state index contributed by atoms with van der Waals surface area (Å²) in [5.74, 6) is 0.643. The van der Waals surface area contributed by atoms with E-state index in [0.29, 0.717) is 17.2 Å². The quantitative estimate of drug-likeness (QED) is 0.872. The highest BCUT2D eigenvalue weighted by atomic mass is 16.6. The van der Waals surface area contributed by atoms with Crippen molar-refractivity contribution in [2.45, 2.75) is 12.1 Å². The van der Waals surface area contributed by atoms with Crippen molar-refractivity contribution in [3.05, 3.63) is 54.1 Å². The SMILES string of the molecule is COc1ccc(OC)c(NC(=O)C2NC(=O)OC2c2ccccc2)c1. The molecule has 2 amide bonds. The lowest BCUT2D eigenvalue weighted by Gasteiger charge is -2.18. The highest BCUT2D eigenvalue weighted by Crippen LogP contribution is 2.31. The third-order valence-corrected chi connectivity index (χ3v) is 3.89. The molecule has 0 aliphatic carbocycles. The van der Waals surface area contributed by atoms with Gasteiger partial charge in [-0.15, -0.1) is 0 Å². The molecular formula is C18H18N2O5. The van der Waals surface area contributed by atoms with Crippen LogP contribution in [0.25, 0.3) is 0 Å². The molecule has 1 aliphatic rings. The van der Waals surface area contributed by atoms with Crippen LogP contribution < -0.4 is 20.1 Å². The van der Waals surface area contributed by atoms with Crippen molar-refractivity contribution < 1.29 is 23.8 Å². The van der Waals surface area contributed by atoms with E-state index in [9.17, 15) is 9.59 Å². The molecule has 0 bridgehead atoms. The number of benzene rings is 2. The van der Waals surface area contributed by atoms with Crippen molar-refractivity contribution in [1.29, 1.82) is 0 Å². The number of alkyl carbamates (subject to hydrolysis) is 1. The average molecular weight is 342 g/mol. The zero-order valence-corrected chi connectivity index (χ0v) is 13.8. The summed E-state index contributed by atoms with van der Waals surface area (Å²) in [6.45, 7) is 0. The highest BCUT2D eigenvalue weighted by molar-refractivity contribution is 5.99. The third-order valence-electron chi connectivity index (χ3n) is 3.89. The number of carbonyl (C=O) groups is 2. The first kappa shape index (κ1) is 16.6. The zero-order valence-electron chi connectivity index (χ0n) is 13.8. The van der Waals surface area contributed by atoms with Crippen molar-refractivity contribution in [2.75, 3.05) is 19.5 Å². The molecule has 0 radical (unpaired) electrons. The van der Waals surface area contributed by atoms with Gasteiger partial charge in [-0.25, -0.2) is 4.79 Å². The maximum absolute atomic E-state index is 12.7. The molecule has 25 heavy (non-hydrogen) atoms. The van der Waals surface area contributed by atoms with Crippen molar-refractivity contribution in [2.24, 2.45) is 0 Å². The second kappa shape index (κ2) is 7.12. The van der Waals surface area contributed by atoms with Crippen molar-refractivity contribution in [3.63, 3.8) is 0 Å². The van der Waals surface area contributed by atoms with E-state index in [-0.39, 0.29) is 0 Å².